The zero-order chi connectivity index (χ0) is 22.7. The average molecular weight is 437 g/mol. The van der Waals surface area contributed by atoms with E-state index in [-0.39, 0.29) is 5.78 Å². The van der Waals surface area contributed by atoms with Crippen molar-refractivity contribution in [2.45, 2.75) is 44.5 Å². The second-order valence-corrected chi connectivity index (χ2v) is 10.3. The summed E-state index contributed by atoms with van der Waals surface area (Å²) in [7, 11) is 0. The van der Waals surface area contributed by atoms with Crippen molar-refractivity contribution in [1.29, 1.82) is 0 Å². The zero-order valence-corrected chi connectivity index (χ0v) is 19.1. The van der Waals surface area contributed by atoms with Gasteiger partial charge in [-0.05, 0) is 23.6 Å². The molecule has 1 aliphatic carbocycles. The van der Waals surface area contributed by atoms with E-state index in [1.54, 1.807) is 0 Å². The molecule has 1 saturated carbocycles. The second kappa shape index (κ2) is 6.91. The van der Waals surface area contributed by atoms with Crippen LogP contribution >= 0.6 is 0 Å². The molecule has 6 rings (SSSR count). The quantitative estimate of drug-likeness (QED) is 0.470. The van der Waals surface area contributed by atoms with E-state index in [0.717, 1.165) is 28.9 Å². The minimum Gasteiger partial charge on any atom is -0.461 e. The van der Waals surface area contributed by atoms with Gasteiger partial charge in [-0.1, -0.05) is 105 Å². The summed E-state index contributed by atoms with van der Waals surface area (Å²) in [5, 5.41) is 0. The Morgan fingerprint density at radius 2 is 1.27 bits per heavy atom. The van der Waals surface area contributed by atoms with Crippen LogP contribution < -0.4 is 0 Å². The fraction of sp³-hybridized carbons (Fsp3) is 0.300. The van der Waals surface area contributed by atoms with Gasteiger partial charge in [-0.2, -0.15) is 0 Å². The molecule has 3 nitrogen and oxygen atoms in total. The van der Waals surface area contributed by atoms with Crippen LogP contribution in [0.2, 0.25) is 0 Å². The van der Waals surface area contributed by atoms with Crippen LogP contribution in [0.25, 0.3) is 5.76 Å². The number of ether oxygens (including phenoxy) is 2. The summed E-state index contributed by atoms with van der Waals surface area (Å²) in [6, 6.07) is 30.6. The first-order valence-electron chi connectivity index (χ1n) is 11.7. The van der Waals surface area contributed by atoms with Gasteiger partial charge in [-0.15, -0.1) is 0 Å². The molecular weight excluding hydrogens is 408 g/mol. The van der Waals surface area contributed by atoms with Crippen molar-refractivity contribution < 1.29 is 14.3 Å². The Bertz CT molecular complexity index is 1190. The zero-order valence-electron chi connectivity index (χ0n) is 19.1. The summed E-state index contributed by atoms with van der Waals surface area (Å²) < 4.78 is 13.9. The molecule has 0 N–H and O–H groups in total. The lowest BCUT2D eigenvalue weighted by atomic mass is 9.57. The van der Waals surface area contributed by atoms with Crippen molar-refractivity contribution >= 4 is 11.5 Å². The van der Waals surface area contributed by atoms with Gasteiger partial charge in [-0.3, -0.25) is 4.79 Å². The summed E-state index contributed by atoms with van der Waals surface area (Å²) in [4.78, 5) is 14.2. The molecule has 33 heavy (non-hydrogen) atoms. The van der Waals surface area contributed by atoms with Crippen molar-refractivity contribution in [3.63, 3.8) is 0 Å². The number of carbonyl (C=O) groups excluding carboxylic acids is 1. The number of rotatable bonds is 3. The van der Waals surface area contributed by atoms with Crippen LogP contribution in [0.15, 0.2) is 97.1 Å². The van der Waals surface area contributed by atoms with E-state index in [1.807, 2.05) is 66.7 Å². The molecule has 2 atom stereocenters. The highest BCUT2D eigenvalue weighted by Crippen LogP contribution is 2.69. The van der Waals surface area contributed by atoms with Gasteiger partial charge in [0.25, 0.3) is 0 Å². The Kier molecular flexibility index (Phi) is 4.28. The molecule has 2 aliphatic heterocycles. The molecular formula is C30H28O3. The standard InChI is InChI=1S/C30H28O3/c1-27(2)18-19-30-28(26(27)31,20-25(32-30)22-12-6-3-7-13-22)21-29(33-30,23-14-8-4-9-15-23)24-16-10-5-11-17-24/h3-17,20H,18-19,21H2,1-2H3. The molecule has 3 aromatic carbocycles. The topological polar surface area (TPSA) is 35.5 Å². The van der Waals surface area contributed by atoms with Crippen molar-refractivity contribution in [3.05, 3.63) is 114 Å². The van der Waals surface area contributed by atoms with Crippen LogP contribution in [0, 0.1) is 10.8 Å². The minimum atomic E-state index is -1.02. The number of Topliss-reactive ketones (excluding diaryl/α,β-unsaturated/α-hetero) is 1. The highest BCUT2D eigenvalue weighted by Gasteiger charge is 2.75. The largest absolute Gasteiger partial charge is 0.461 e. The summed E-state index contributed by atoms with van der Waals surface area (Å²) in [6.07, 6.45) is 4.00. The summed E-state index contributed by atoms with van der Waals surface area (Å²) >= 11 is 0. The van der Waals surface area contributed by atoms with Crippen molar-refractivity contribution in [3.8, 4) is 0 Å². The highest BCUT2D eigenvalue weighted by atomic mass is 16.7. The Morgan fingerprint density at radius 3 is 1.85 bits per heavy atom. The van der Waals surface area contributed by atoms with Gasteiger partial charge >= 0.3 is 0 Å². The van der Waals surface area contributed by atoms with Gasteiger partial charge in [0, 0.05) is 23.8 Å². The van der Waals surface area contributed by atoms with Crippen LogP contribution in [0.4, 0.5) is 0 Å². The van der Waals surface area contributed by atoms with Crippen LogP contribution in [0.3, 0.4) is 0 Å². The van der Waals surface area contributed by atoms with Gasteiger partial charge in [0.2, 0.25) is 5.79 Å². The Hall–Kier alpha value is -3.17. The molecule has 0 aromatic heterocycles. The monoisotopic (exact) mass is 436 g/mol. The molecule has 3 aliphatic rings. The molecule has 3 heteroatoms. The predicted octanol–water partition coefficient (Wildman–Crippen LogP) is 6.49. The number of hydrogen-bond donors (Lipinski definition) is 0. The number of benzene rings is 3. The van der Waals surface area contributed by atoms with Gasteiger partial charge in [0.1, 0.15) is 16.8 Å². The van der Waals surface area contributed by atoms with E-state index in [9.17, 15) is 4.79 Å². The first kappa shape index (κ1) is 20.4. The lowest BCUT2D eigenvalue weighted by Crippen LogP contribution is -2.56. The van der Waals surface area contributed by atoms with Crippen molar-refractivity contribution in [1.82, 2.24) is 0 Å². The third-order valence-corrected chi connectivity index (χ3v) is 7.84. The van der Waals surface area contributed by atoms with Crippen LogP contribution in [-0.4, -0.2) is 11.6 Å². The van der Waals surface area contributed by atoms with Gasteiger partial charge in [0.15, 0.2) is 5.78 Å². The predicted molar refractivity (Wildman–Crippen MR) is 128 cm³/mol. The van der Waals surface area contributed by atoms with Crippen LogP contribution in [-0.2, 0) is 19.9 Å². The smallest absolute Gasteiger partial charge is 0.228 e. The Labute approximate surface area is 195 Å². The molecule has 0 amide bonds. The number of ketones is 1. The average Bonchev–Trinajstić information content (AvgIpc) is 3.33. The van der Waals surface area contributed by atoms with Crippen LogP contribution in [0.1, 0.15) is 49.8 Å². The third kappa shape index (κ3) is 2.75. The minimum absolute atomic E-state index is 0.209. The summed E-state index contributed by atoms with van der Waals surface area (Å²) in [6.45, 7) is 4.13. The molecule has 0 radical (unpaired) electrons. The Balaban J connectivity index is 1.59. The molecule has 2 fully saturated rings. The fourth-order valence-electron chi connectivity index (χ4n) is 6.13. The first-order valence-corrected chi connectivity index (χ1v) is 11.7. The lowest BCUT2D eigenvalue weighted by molar-refractivity contribution is -0.246. The molecule has 1 saturated heterocycles. The first-order chi connectivity index (χ1) is 15.9. The second-order valence-electron chi connectivity index (χ2n) is 10.3. The van der Waals surface area contributed by atoms with Crippen LogP contribution in [0.5, 0.6) is 0 Å². The highest BCUT2D eigenvalue weighted by molar-refractivity contribution is 5.96. The Morgan fingerprint density at radius 1 is 0.727 bits per heavy atom. The number of carbonyl (C=O) groups is 1. The summed E-state index contributed by atoms with van der Waals surface area (Å²) in [5.41, 5.74) is 1.02. The third-order valence-electron chi connectivity index (χ3n) is 7.84. The van der Waals surface area contributed by atoms with Gasteiger partial charge in [-0.25, -0.2) is 0 Å². The SMILES string of the molecule is CC1(C)CCC23OC(c4ccccc4)=CC2(CC(c2ccccc2)(c2ccccc2)O3)C1=O. The molecule has 2 heterocycles. The molecule has 166 valence electrons. The van der Waals surface area contributed by atoms with Gasteiger partial charge in [0.05, 0.1) is 0 Å². The normalized spacial score (nSPS) is 29.0. The van der Waals surface area contributed by atoms with E-state index >= 15 is 0 Å². The van der Waals surface area contributed by atoms with E-state index in [1.165, 1.54) is 0 Å². The maximum absolute atomic E-state index is 14.2. The maximum Gasteiger partial charge on any atom is 0.228 e. The van der Waals surface area contributed by atoms with Crippen molar-refractivity contribution in [2.75, 3.05) is 0 Å². The van der Waals surface area contributed by atoms with E-state index in [0.29, 0.717) is 12.8 Å². The van der Waals surface area contributed by atoms with Gasteiger partial charge < -0.3 is 9.47 Å². The fourth-order valence-corrected chi connectivity index (χ4v) is 6.13. The van der Waals surface area contributed by atoms with E-state index < -0.39 is 22.2 Å². The van der Waals surface area contributed by atoms with E-state index in [2.05, 4.69) is 44.2 Å². The molecule has 2 unspecified atom stereocenters. The van der Waals surface area contributed by atoms with E-state index in [4.69, 9.17) is 9.47 Å². The summed E-state index contributed by atoms with van der Waals surface area (Å²) in [5.74, 6) is -0.0616. The molecule has 0 spiro atoms. The molecule has 0 bridgehead atoms. The van der Waals surface area contributed by atoms with Crippen molar-refractivity contribution in [2.24, 2.45) is 10.8 Å². The lowest BCUT2D eigenvalue weighted by Gasteiger charge is -2.46. The molecule has 3 aromatic rings. The number of hydrogen-bond acceptors (Lipinski definition) is 3. The maximum atomic E-state index is 14.2.